The Labute approximate surface area is 160 Å². The molecule has 1 aromatic carbocycles. The molecule has 27 heavy (non-hydrogen) atoms. The van der Waals surface area contributed by atoms with E-state index in [2.05, 4.69) is 17.9 Å². The molecule has 0 saturated heterocycles. The highest BCUT2D eigenvalue weighted by Crippen LogP contribution is 2.07. The smallest absolute Gasteiger partial charge is 0.304 e. The van der Waals surface area contributed by atoms with Crippen LogP contribution in [0.2, 0.25) is 0 Å². The molecule has 0 spiro atoms. The first kappa shape index (κ1) is 20.7. The highest BCUT2D eigenvalue weighted by atomic mass is 16.2. The van der Waals surface area contributed by atoms with E-state index >= 15 is 0 Å². The Kier molecular flexibility index (Phi) is 7.56. The molecule has 0 aliphatic carbocycles. The van der Waals surface area contributed by atoms with E-state index in [9.17, 15) is 9.59 Å². The van der Waals surface area contributed by atoms with Crippen molar-refractivity contribution < 1.29 is 0 Å². The first-order valence-corrected chi connectivity index (χ1v) is 9.43. The van der Waals surface area contributed by atoms with Crippen molar-refractivity contribution in [3.63, 3.8) is 0 Å². The van der Waals surface area contributed by atoms with E-state index in [0.717, 1.165) is 49.2 Å². The lowest BCUT2D eigenvalue weighted by Crippen LogP contribution is -2.38. The van der Waals surface area contributed by atoms with Crippen molar-refractivity contribution in [2.24, 2.45) is 14.1 Å². The minimum atomic E-state index is -0.271. The van der Waals surface area contributed by atoms with Crippen molar-refractivity contribution in [1.29, 1.82) is 5.26 Å². The van der Waals surface area contributed by atoms with Gasteiger partial charge in [-0.15, -0.1) is 0 Å². The largest absolute Gasteiger partial charge is 0.330 e. The molecule has 0 aliphatic heterocycles. The van der Waals surface area contributed by atoms with Crippen molar-refractivity contribution >= 4 is 0 Å². The van der Waals surface area contributed by atoms with Crippen LogP contribution < -0.4 is 11.2 Å². The molecule has 0 amide bonds. The molecule has 0 saturated carbocycles. The van der Waals surface area contributed by atoms with Crippen LogP contribution in [0.5, 0.6) is 0 Å². The number of aromatic nitrogens is 2. The van der Waals surface area contributed by atoms with E-state index in [4.69, 9.17) is 5.26 Å². The van der Waals surface area contributed by atoms with E-state index in [1.807, 2.05) is 24.3 Å². The van der Waals surface area contributed by atoms with Crippen LogP contribution >= 0.6 is 0 Å². The van der Waals surface area contributed by atoms with Gasteiger partial charge >= 0.3 is 5.69 Å². The zero-order chi connectivity index (χ0) is 19.8. The van der Waals surface area contributed by atoms with Crippen LogP contribution in [-0.4, -0.2) is 33.7 Å². The maximum Gasteiger partial charge on any atom is 0.330 e. The second-order valence-electron chi connectivity index (χ2n) is 6.82. The van der Waals surface area contributed by atoms with Crippen LogP contribution in [0.15, 0.2) is 39.9 Å². The molecule has 6 nitrogen and oxygen atoms in total. The Balaban J connectivity index is 1.81. The fourth-order valence-electron chi connectivity index (χ4n) is 3.18. The molecule has 0 N–H and O–H groups in total. The van der Waals surface area contributed by atoms with Gasteiger partial charge < -0.3 is 9.47 Å². The third-order valence-electron chi connectivity index (χ3n) is 5.00. The maximum absolute atomic E-state index is 12.0. The van der Waals surface area contributed by atoms with E-state index in [1.165, 1.54) is 12.6 Å². The van der Waals surface area contributed by atoms with E-state index in [1.54, 1.807) is 17.7 Å². The fraction of sp³-hybridized carbons (Fsp3) is 0.476. The zero-order valence-electron chi connectivity index (χ0n) is 16.4. The highest BCUT2D eigenvalue weighted by Gasteiger charge is 2.07. The number of aryl methyl sites for hydroxylation is 2. The number of nitriles is 1. The van der Waals surface area contributed by atoms with Crippen LogP contribution in [0, 0.1) is 11.3 Å². The average Bonchev–Trinajstić information content (AvgIpc) is 2.69. The summed E-state index contributed by atoms with van der Waals surface area (Å²) in [6.45, 7) is 5.07. The molecule has 6 heteroatoms. The number of nitrogens with zero attached hydrogens (tertiary/aromatic N) is 4. The molecule has 144 valence electrons. The summed E-state index contributed by atoms with van der Waals surface area (Å²) in [5.41, 5.74) is 2.21. The highest BCUT2D eigenvalue weighted by molar-refractivity contribution is 5.31. The predicted octanol–water partition coefficient (Wildman–Crippen LogP) is 1.84. The van der Waals surface area contributed by atoms with Gasteiger partial charge in [-0.05, 0) is 63.0 Å². The monoisotopic (exact) mass is 368 g/mol. The summed E-state index contributed by atoms with van der Waals surface area (Å²) in [7, 11) is 3.22. The quantitative estimate of drug-likeness (QED) is 0.677. The van der Waals surface area contributed by atoms with Gasteiger partial charge in [-0.1, -0.05) is 19.1 Å². The van der Waals surface area contributed by atoms with Crippen LogP contribution in [0.25, 0.3) is 0 Å². The lowest BCUT2D eigenvalue weighted by Gasteiger charge is -2.20. The van der Waals surface area contributed by atoms with Crippen LogP contribution in [-0.2, 0) is 26.9 Å². The Morgan fingerprint density at radius 1 is 1.00 bits per heavy atom. The summed E-state index contributed by atoms with van der Waals surface area (Å²) in [6, 6.07) is 11.5. The molecular weight excluding hydrogens is 340 g/mol. The lowest BCUT2D eigenvalue weighted by molar-refractivity contribution is 0.280. The summed E-state index contributed by atoms with van der Waals surface area (Å²) in [4.78, 5) is 26.2. The number of rotatable bonds is 9. The van der Waals surface area contributed by atoms with Gasteiger partial charge in [0.25, 0.3) is 5.56 Å². The van der Waals surface area contributed by atoms with E-state index in [-0.39, 0.29) is 11.2 Å². The van der Waals surface area contributed by atoms with Gasteiger partial charge in [0, 0.05) is 25.9 Å². The van der Waals surface area contributed by atoms with Crippen molar-refractivity contribution in [3.8, 4) is 6.07 Å². The molecule has 0 radical (unpaired) electrons. The minimum Gasteiger partial charge on any atom is -0.304 e. The van der Waals surface area contributed by atoms with Crippen LogP contribution in [0.1, 0.15) is 36.6 Å². The molecule has 0 unspecified atom stereocenters. The standard InChI is InChI=1S/C21H28N4O2/c1-4-25(13-5-7-17-9-11-18(16-22)12-10-17)14-6-8-19-15-20(26)24(3)21(27)23(19)2/h9-12,15H,4-8,13-14H2,1-3H3. The Bertz CT molecular complexity index is 904. The Morgan fingerprint density at radius 3 is 2.22 bits per heavy atom. The zero-order valence-corrected chi connectivity index (χ0v) is 16.4. The topological polar surface area (TPSA) is 71.0 Å². The third kappa shape index (κ3) is 5.66. The van der Waals surface area contributed by atoms with Crippen LogP contribution in [0.3, 0.4) is 0 Å². The summed E-state index contributed by atoms with van der Waals surface area (Å²) >= 11 is 0. The minimum absolute atomic E-state index is 0.247. The van der Waals surface area contributed by atoms with Gasteiger partial charge in [0.2, 0.25) is 0 Å². The van der Waals surface area contributed by atoms with Gasteiger partial charge in [-0.25, -0.2) is 4.79 Å². The molecule has 0 aliphatic rings. The molecule has 2 aromatic rings. The van der Waals surface area contributed by atoms with Gasteiger partial charge in [0.15, 0.2) is 0 Å². The first-order valence-electron chi connectivity index (χ1n) is 9.43. The molecule has 0 bridgehead atoms. The molecule has 1 aromatic heterocycles. The second-order valence-corrected chi connectivity index (χ2v) is 6.82. The number of hydrogen-bond acceptors (Lipinski definition) is 4. The fourth-order valence-corrected chi connectivity index (χ4v) is 3.18. The average molecular weight is 368 g/mol. The molecule has 2 rings (SSSR count). The number of hydrogen-bond donors (Lipinski definition) is 0. The SMILES string of the molecule is CCN(CCCc1ccc(C#N)cc1)CCCc1cc(=O)n(C)c(=O)n1C. The molecule has 0 fully saturated rings. The van der Waals surface area contributed by atoms with Crippen molar-refractivity contribution in [3.05, 3.63) is 68.0 Å². The van der Waals surface area contributed by atoms with Crippen molar-refractivity contribution in [1.82, 2.24) is 14.0 Å². The number of benzene rings is 1. The Hall–Kier alpha value is -2.65. The van der Waals surface area contributed by atoms with Gasteiger partial charge in [-0.3, -0.25) is 9.36 Å². The normalized spacial score (nSPS) is 10.9. The molecular formula is C21H28N4O2. The lowest BCUT2D eigenvalue weighted by atomic mass is 10.1. The van der Waals surface area contributed by atoms with Crippen LogP contribution in [0.4, 0.5) is 0 Å². The van der Waals surface area contributed by atoms with Gasteiger partial charge in [-0.2, -0.15) is 5.26 Å². The summed E-state index contributed by atoms with van der Waals surface area (Å²) in [5, 5.41) is 8.84. The summed E-state index contributed by atoms with van der Waals surface area (Å²) in [5.74, 6) is 0. The summed E-state index contributed by atoms with van der Waals surface area (Å²) < 4.78 is 2.69. The Morgan fingerprint density at radius 2 is 1.63 bits per heavy atom. The first-order chi connectivity index (χ1) is 13.0. The third-order valence-corrected chi connectivity index (χ3v) is 5.00. The van der Waals surface area contributed by atoms with E-state index < -0.39 is 0 Å². The van der Waals surface area contributed by atoms with Gasteiger partial charge in [0.1, 0.15) is 0 Å². The molecule has 0 atom stereocenters. The van der Waals surface area contributed by atoms with Crippen molar-refractivity contribution in [2.45, 2.75) is 32.6 Å². The predicted molar refractivity (Wildman–Crippen MR) is 107 cm³/mol. The maximum atomic E-state index is 12.0. The van der Waals surface area contributed by atoms with Gasteiger partial charge in [0.05, 0.1) is 11.6 Å². The summed E-state index contributed by atoms with van der Waals surface area (Å²) in [6.07, 6.45) is 3.68. The second kappa shape index (κ2) is 9.89. The molecule has 1 heterocycles. The van der Waals surface area contributed by atoms with E-state index in [0.29, 0.717) is 12.0 Å². The van der Waals surface area contributed by atoms with Crippen molar-refractivity contribution in [2.75, 3.05) is 19.6 Å².